The van der Waals surface area contributed by atoms with E-state index >= 15 is 0 Å². The second-order valence-electron chi connectivity index (χ2n) is 4.32. The van der Waals surface area contributed by atoms with Gasteiger partial charge in [-0.15, -0.1) is 0 Å². The predicted molar refractivity (Wildman–Crippen MR) is 79.4 cm³/mol. The van der Waals surface area contributed by atoms with Gasteiger partial charge in [-0.05, 0) is 31.9 Å². The normalized spacial score (nSPS) is 11.9. The lowest BCUT2D eigenvalue weighted by Crippen LogP contribution is -2.04. The lowest BCUT2D eigenvalue weighted by atomic mass is 10.2. The minimum absolute atomic E-state index is 0.154. The van der Waals surface area contributed by atoms with Crippen LogP contribution >= 0.6 is 0 Å². The molecule has 0 heterocycles. The van der Waals surface area contributed by atoms with Gasteiger partial charge in [0, 0.05) is 12.2 Å². The van der Waals surface area contributed by atoms with E-state index in [1.807, 2.05) is 24.3 Å². The van der Waals surface area contributed by atoms with Crippen molar-refractivity contribution in [3.63, 3.8) is 0 Å². The molecule has 20 heavy (non-hydrogen) atoms. The minimum Gasteiger partial charge on any atom is -0.495 e. The molecule has 4 nitrogen and oxygen atoms in total. The number of carbonyl (C=O) groups is 1. The maximum atomic E-state index is 12.2. The molecule has 0 saturated heterocycles. The van der Waals surface area contributed by atoms with Crippen molar-refractivity contribution in [2.24, 2.45) is 0 Å². The lowest BCUT2D eigenvalue weighted by Gasteiger charge is -2.07. The fourth-order valence-corrected chi connectivity index (χ4v) is 3.12. The number of carbonyl (C=O) groups excluding carboxylic acids is 1. The maximum Gasteiger partial charge on any atom is 0.305 e. The third-order valence-corrected chi connectivity index (χ3v) is 4.32. The zero-order valence-corrected chi connectivity index (χ0v) is 12.9. The summed E-state index contributed by atoms with van der Waals surface area (Å²) < 4.78 is 22.2. The highest BCUT2D eigenvalue weighted by Gasteiger charge is 2.09. The molecule has 0 aliphatic heterocycles. The summed E-state index contributed by atoms with van der Waals surface area (Å²) in [5.41, 5.74) is 0. The van der Waals surface area contributed by atoms with Gasteiger partial charge >= 0.3 is 5.97 Å². The molecule has 1 atom stereocenters. The van der Waals surface area contributed by atoms with E-state index in [2.05, 4.69) is 0 Å². The van der Waals surface area contributed by atoms with Gasteiger partial charge in [0.25, 0.3) is 0 Å². The smallest absolute Gasteiger partial charge is 0.305 e. The largest absolute Gasteiger partial charge is 0.495 e. The van der Waals surface area contributed by atoms with Crippen molar-refractivity contribution in [3.05, 3.63) is 24.3 Å². The summed E-state index contributed by atoms with van der Waals surface area (Å²) in [7, 11) is 0.525. The number of esters is 1. The molecule has 1 aromatic carbocycles. The highest BCUT2D eigenvalue weighted by atomic mass is 32.2. The highest BCUT2D eigenvalue weighted by molar-refractivity contribution is 7.85. The van der Waals surface area contributed by atoms with Crippen LogP contribution in [0.25, 0.3) is 0 Å². The molecular formula is C15H22O4S. The molecule has 1 rings (SSSR count). The number of methoxy groups -OCH3 is 1. The number of rotatable bonds is 9. The van der Waals surface area contributed by atoms with Gasteiger partial charge in [0.05, 0.1) is 29.4 Å². The van der Waals surface area contributed by atoms with Crippen molar-refractivity contribution in [2.75, 3.05) is 19.5 Å². The predicted octanol–water partition coefficient (Wildman–Crippen LogP) is 2.93. The molecule has 5 heteroatoms. The zero-order chi connectivity index (χ0) is 14.8. The Labute approximate surface area is 122 Å². The first-order valence-electron chi connectivity index (χ1n) is 6.86. The van der Waals surface area contributed by atoms with Crippen molar-refractivity contribution >= 4 is 16.8 Å². The van der Waals surface area contributed by atoms with Crippen LogP contribution < -0.4 is 4.74 Å². The summed E-state index contributed by atoms with van der Waals surface area (Å²) in [6, 6.07) is 7.36. The van der Waals surface area contributed by atoms with Crippen molar-refractivity contribution in [3.8, 4) is 5.75 Å². The molecule has 0 aromatic heterocycles. The molecule has 1 aromatic rings. The van der Waals surface area contributed by atoms with E-state index in [1.54, 1.807) is 14.0 Å². The Morgan fingerprint density at radius 3 is 2.65 bits per heavy atom. The van der Waals surface area contributed by atoms with Gasteiger partial charge in [-0.25, -0.2) is 0 Å². The third-order valence-electron chi connectivity index (χ3n) is 2.83. The van der Waals surface area contributed by atoms with E-state index in [4.69, 9.17) is 9.47 Å². The Hall–Kier alpha value is -1.36. The van der Waals surface area contributed by atoms with Gasteiger partial charge in [-0.3, -0.25) is 9.00 Å². The summed E-state index contributed by atoms with van der Waals surface area (Å²) in [6.07, 6.45) is 2.92. The molecule has 0 radical (unpaired) electrons. The van der Waals surface area contributed by atoms with Crippen LogP contribution in [0.5, 0.6) is 5.75 Å². The van der Waals surface area contributed by atoms with Crippen LogP contribution in [-0.2, 0) is 20.3 Å². The van der Waals surface area contributed by atoms with E-state index in [9.17, 15) is 9.00 Å². The summed E-state index contributed by atoms with van der Waals surface area (Å²) in [5, 5.41) is 0. The lowest BCUT2D eigenvalue weighted by molar-refractivity contribution is -0.143. The monoisotopic (exact) mass is 298 g/mol. The average Bonchev–Trinajstić information content (AvgIpc) is 2.47. The number of unbranched alkanes of at least 4 members (excludes halogenated alkanes) is 2. The molecular weight excluding hydrogens is 276 g/mol. The quantitative estimate of drug-likeness (QED) is 0.519. The van der Waals surface area contributed by atoms with Crippen LogP contribution in [0.2, 0.25) is 0 Å². The van der Waals surface area contributed by atoms with Gasteiger partial charge in [0.1, 0.15) is 5.75 Å². The molecule has 0 fully saturated rings. The molecule has 0 bridgehead atoms. The molecule has 112 valence electrons. The maximum absolute atomic E-state index is 12.2. The first-order valence-corrected chi connectivity index (χ1v) is 8.18. The Kier molecular flexibility index (Phi) is 7.95. The molecule has 0 saturated carbocycles. The molecule has 0 N–H and O–H groups in total. The fraction of sp³-hybridized carbons (Fsp3) is 0.533. The van der Waals surface area contributed by atoms with E-state index in [-0.39, 0.29) is 5.97 Å². The SMILES string of the molecule is CCOC(=O)CCCCCS(=O)c1ccccc1OC. The van der Waals surface area contributed by atoms with Gasteiger partial charge in [-0.1, -0.05) is 18.6 Å². The Bertz CT molecular complexity index is 445. The summed E-state index contributed by atoms with van der Waals surface area (Å²) in [6.45, 7) is 2.23. The van der Waals surface area contributed by atoms with Crippen molar-refractivity contribution < 1.29 is 18.5 Å². The number of benzene rings is 1. The third kappa shape index (κ3) is 5.74. The fourth-order valence-electron chi connectivity index (χ4n) is 1.83. The zero-order valence-electron chi connectivity index (χ0n) is 12.1. The highest BCUT2D eigenvalue weighted by Crippen LogP contribution is 2.22. The number of hydrogen-bond donors (Lipinski definition) is 0. The van der Waals surface area contributed by atoms with Crippen LogP contribution in [0.4, 0.5) is 0 Å². The first-order chi connectivity index (χ1) is 9.69. The molecule has 0 aliphatic carbocycles. The molecule has 0 aliphatic rings. The second kappa shape index (κ2) is 9.53. The average molecular weight is 298 g/mol. The van der Waals surface area contributed by atoms with E-state index in [0.717, 1.165) is 24.2 Å². The van der Waals surface area contributed by atoms with Crippen LogP contribution in [0.1, 0.15) is 32.6 Å². The van der Waals surface area contributed by atoms with Gasteiger partial charge < -0.3 is 9.47 Å². The van der Waals surface area contributed by atoms with Crippen molar-refractivity contribution in [1.82, 2.24) is 0 Å². The number of para-hydroxylation sites is 1. The number of ether oxygens (including phenoxy) is 2. The van der Waals surface area contributed by atoms with E-state index in [0.29, 0.717) is 24.5 Å². The Morgan fingerprint density at radius 1 is 1.20 bits per heavy atom. The van der Waals surface area contributed by atoms with Crippen molar-refractivity contribution in [2.45, 2.75) is 37.5 Å². The summed E-state index contributed by atoms with van der Waals surface area (Å²) in [5.74, 6) is 1.10. The number of hydrogen-bond acceptors (Lipinski definition) is 4. The molecule has 1 unspecified atom stereocenters. The molecule has 0 spiro atoms. The van der Waals surface area contributed by atoms with E-state index < -0.39 is 10.8 Å². The van der Waals surface area contributed by atoms with Gasteiger partial charge in [0.15, 0.2) is 0 Å². The minimum atomic E-state index is -1.05. The van der Waals surface area contributed by atoms with Gasteiger partial charge in [0.2, 0.25) is 0 Å². The molecule has 0 amide bonds. The van der Waals surface area contributed by atoms with Crippen LogP contribution in [0, 0.1) is 0 Å². The van der Waals surface area contributed by atoms with Crippen LogP contribution in [0.3, 0.4) is 0 Å². The van der Waals surface area contributed by atoms with Crippen LogP contribution in [0.15, 0.2) is 29.2 Å². The van der Waals surface area contributed by atoms with Crippen LogP contribution in [-0.4, -0.2) is 29.6 Å². The Morgan fingerprint density at radius 2 is 1.95 bits per heavy atom. The van der Waals surface area contributed by atoms with E-state index in [1.165, 1.54) is 0 Å². The standard InChI is InChI=1S/C15H22O4S/c1-3-19-15(16)11-5-4-8-12-20(17)14-10-7-6-9-13(14)18-2/h6-7,9-10H,3-5,8,11-12H2,1-2H3. The topological polar surface area (TPSA) is 52.6 Å². The van der Waals surface area contributed by atoms with Crippen molar-refractivity contribution in [1.29, 1.82) is 0 Å². The Balaban J connectivity index is 2.28. The first kappa shape index (κ1) is 16.7. The summed E-state index contributed by atoms with van der Waals surface area (Å²) >= 11 is 0. The summed E-state index contributed by atoms with van der Waals surface area (Å²) in [4.78, 5) is 11.9. The second-order valence-corrected chi connectivity index (χ2v) is 5.86. The van der Waals surface area contributed by atoms with Gasteiger partial charge in [-0.2, -0.15) is 0 Å².